The average Bonchev–Trinajstić information content (AvgIpc) is 2.54. The van der Waals surface area contributed by atoms with Gasteiger partial charge in [0.2, 0.25) is 0 Å². The first-order valence-corrected chi connectivity index (χ1v) is 6.79. The molecule has 0 aliphatic rings. The third-order valence-electron chi connectivity index (χ3n) is 3.21. The second kappa shape index (κ2) is 7.09. The highest BCUT2D eigenvalue weighted by molar-refractivity contribution is 5.98. The van der Waals surface area contributed by atoms with Gasteiger partial charge in [-0.1, -0.05) is 41.6 Å². The summed E-state index contributed by atoms with van der Waals surface area (Å²) in [5, 5.41) is 3.82. The van der Waals surface area contributed by atoms with Crippen LogP contribution in [0.2, 0.25) is 0 Å². The van der Waals surface area contributed by atoms with Crippen molar-refractivity contribution in [2.45, 2.75) is 19.7 Å². The number of carbonyl (C=O) groups excluding carboxylic acids is 1. The van der Waals surface area contributed by atoms with E-state index in [0.717, 1.165) is 12.1 Å². The van der Waals surface area contributed by atoms with Gasteiger partial charge in [-0.05, 0) is 24.6 Å². The molecule has 0 saturated carbocycles. The van der Waals surface area contributed by atoms with Crippen LogP contribution in [0.25, 0.3) is 0 Å². The summed E-state index contributed by atoms with van der Waals surface area (Å²) in [5.74, 6) is 0. The van der Waals surface area contributed by atoms with Crippen molar-refractivity contribution in [3.05, 3.63) is 70.8 Å². The molecule has 0 saturated heterocycles. The Balaban J connectivity index is 2.10. The Bertz CT molecular complexity index is 724. The molecule has 0 aliphatic carbocycles. The number of benzene rings is 2. The minimum Gasteiger partial charge on any atom is -0.391 e. The molecule has 2 aromatic carbocycles. The van der Waals surface area contributed by atoms with Gasteiger partial charge in [-0.25, -0.2) is 0 Å². The summed E-state index contributed by atoms with van der Waals surface area (Å²) < 4.78 is 38.1. The fourth-order valence-electron chi connectivity index (χ4n) is 1.95. The number of oxime groups is 1. The first-order valence-electron chi connectivity index (χ1n) is 6.79. The van der Waals surface area contributed by atoms with Crippen LogP contribution in [-0.2, 0) is 17.6 Å². The molecule has 120 valence electrons. The van der Waals surface area contributed by atoms with E-state index in [9.17, 15) is 18.0 Å². The molecule has 23 heavy (non-hydrogen) atoms. The number of hydrogen-bond donors (Lipinski definition) is 0. The van der Waals surface area contributed by atoms with Crippen molar-refractivity contribution in [3.63, 3.8) is 0 Å². The highest BCUT2D eigenvalue weighted by atomic mass is 19.4. The maximum Gasteiger partial charge on any atom is 0.416 e. The van der Waals surface area contributed by atoms with Gasteiger partial charge in [0.1, 0.15) is 12.9 Å². The Hall–Kier alpha value is -2.63. The first kappa shape index (κ1) is 16.7. The van der Waals surface area contributed by atoms with Crippen molar-refractivity contribution < 1.29 is 22.8 Å². The lowest BCUT2D eigenvalue weighted by atomic mass is 10.1. The quantitative estimate of drug-likeness (QED) is 0.463. The molecule has 0 aliphatic heterocycles. The number of aldehydes is 1. The van der Waals surface area contributed by atoms with Gasteiger partial charge in [-0.3, -0.25) is 4.79 Å². The minimum atomic E-state index is -4.40. The average molecular weight is 321 g/mol. The molecule has 2 aromatic rings. The highest BCUT2D eigenvalue weighted by Gasteiger charge is 2.30. The van der Waals surface area contributed by atoms with Crippen molar-refractivity contribution >= 4 is 12.0 Å². The molecule has 0 aromatic heterocycles. The van der Waals surface area contributed by atoms with Crippen molar-refractivity contribution in [2.75, 3.05) is 0 Å². The van der Waals surface area contributed by atoms with Crippen molar-refractivity contribution in [2.24, 2.45) is 5.16 Å². The van der Waals surface area contributed by atoms with E-state index in [-0.39, 0.29) is 6.61 Å². The molecule has 0 atom stereocenters. The molecule has 0 heterocycles. The zero-order chi connectivity index (χ0) is 16.9. The Morgan fingerprint density at radius 2 is 1.91 bits per heavy atom. The topological polar surface area (TPSA) is 38.7 Å². The number of rotatable bonds is 5. The van der Waals surface area contributed by atoms with Crippen molar-refractivity contribution in [1.29, 1.82) is 0 Å². The van der Waals surface area contributed by atoms with Crippen LogP contribution < -0.4 is 0 Å². The fourth-order valence-corrected chi connectivity index (χ4v) is 1.95. The Morgan fingerprint density at radius 3 is 2.61 bits per heavy atom. The van der Waals surface area contributed by atoms with E-state index in [1.807, 2.05) is 0 Å². The molecule has 2 rings (SSSR count). The molecular weight excluding hydrogens is 307 g/mol. The summed E-state index contributed by atoms with van der Waals surface area (Å²) in [6.07, 6.45) is -3.69. The van der Waals surface area contributed by atoms with Crippen LogP contribution in [0, 0.1) is 0 Å². The molecule has 0 fully saturated rings. The highest BCUT2D eigenvalue weighted by Crippen LogP contribution is 2.29. The molecule has 0 N–H and O–H groups in total. The molecule has 0 radical (unpaired) electrons. The lowest BCUT2D eigenvalue weighted by Crippen LogP contribution is -2.07. The number of hydrogen-bond acceptors (Lipinski definition) is 3. The number of halogens is 3. The van der Waals surface area contributed by atoms with E-state index in [4.69, 9.17) is 4.84 Å². The number of alkyl halides is 3. The smallest absolute Gasteiger partial charge is 0.391 e. The van der Waals surface area contributed by atoms with E-state index >= 15 is 0 Å². The summed E-state index contributed by atoms with van der Waals surface area (Å²) in [7, 11) is 0. The normalized spacial score (nSPS) is 12.1. The largest absolute Gasteiger partial charge is 0.416 e. The van der Waals surface area contributed by atoms with Crippen LogP contribution in [0.15, 0.2) is 53.7 Å². The zero-order valence-electron chi connectivity index (χ0n) is 12.3. The molecule has 0 unspecified atom stereocenters. The summed E-state index contributed by atoms with van der Waals surface area (Å²) in [5.41, 5.74) is 1.04. The number of nitrogens with zero attached hydrogens (tertiary/aromatic N) is 1. The molecule has 0 bridgehead atoms. The van der Waals surface area contributed by atoms with E-state index < -0.39 is 11.7 Å². The SMILES string of the molecule is C/C(=N\OCc1ccccc1C=O)c1cccc(C(F)(F)F)c1. The second-order valence-electron chi connectivity index (χ2n) is 4.85. The van der Waals surface area contributed by atoms with Gasteiger partial charge in [0.25, 0.3) is 0 Å². The zero-order valence-corrected chi connectivity index (χ0v) is 12.3. The first-order chi connectivity index (χ1) is 10.9. The lowest BCUT2D eigenvalue weighted by Gasteiger charge is -2.08. The van der Waals surface area contributed by atoms with E-state index in [2.05, 4.69) is 5.16 Å². The Kier molecular flexibility index (Phi) is 5.16. The predicted molar refractivity (Wildman–Crippen MR) is 80.3 cm³/mol. The standard InChI is InChI=1S/C17H14F3NO2/c1-12(13-7-4-8-16(9-13)17(18,19)20)21-23-11-15-6-3-2-5-14(15)10-22/h2-10H,11H2,1H3/b21-12+. The molecule has 3 nitrogen and oxygen atoms in total. The molecule has 0 spiro atoms. The molecular formula is C17H14F3NO2. The van der Waals surface area contributed by atoms with E-state index in [0.29, 0.717) is 28.7 Å². The van der Waals surface area contributed by atoms with Gasteiger partial charge >= 0.3 is 6.18 Å². The maximum absolute atomic E-state index is 12.7. The predicted octanol–water partition coefficient (Wildman–Crippen LogP) is 4.46. The molecule has 6 heteroatoms. The van der Waals surface area contributed by atoms with Crippen LogP contribution in [0.3, 0.4) is 0 Å². The van der Waals surface area contributed by atoms with Crippen LogP contribution in [0.4, 0.5) is 13.2 Å². The Morgan fingerprint density at radius 1 is 1.17 bits per heavy atom. The van der Waals surface area contributed by atoms with Gasteiger partial charge in [0.15, 0.2) is 0 Å². The summed E-state index contributed by atoms with van der Waals surface area (Å²) >= 11 is 0. The Labute approximate surface area is 131 Å². The third kappa shape index (κ3) is 4.42. The monoisotopic (exact) mass is 321 g/mol. The van der Waals surface area contributed by atoms with Gasteiger partial charge in [0, 0.05) is 11.1 Å². The van der Waals surface area contributed by atoms with Crippen LogP contribution in [0.1, 0.15) is 34.0 Å². The van der Waals surface area contributed by atoms with E-state index in [1.165, 1.54) is 12.1 Å². The van der Waals surface area contributed by atoms with Crippen molar-refractivity contribution in [1.82, 2.24) is 0 Å². The van der Waals surface area contributed by atoms with Gasteiger partial charge in [-0.2, -0.15) is 13.2 Å². The number of carbonyl (C=O) groups is 1. The molecule has 0 amide bonds. The van der Waals surface area contributed by atoms with Crippen molar-refractivity contribution in [3.8, 4) is 0 Å². The summed E-state index contributed by atoms with van der Waals surface area (Å²) in [4.78, 5) is 16.0. The fraction of sp³-hybridized carbons (Fsp3) is 0.176. The summed E-state index contributed by atoms with van der Waals surface area (Å²) in [6, 6.07) is 11.7. The van der Waals surface area contributed by atoms with Gasteiger partial charge in [0.05, 0.1) is 11.3 Å². The third-order valence-corrected chi connectivity index (χ3v) is 3.21. The maximum atomic E-state index is 12.7. The van der Waals surface area contributed by atoms with E-state index in [1.54, 1.807) is 31.2 Å². The van der Waals surface area contributed by atoms with Crippen LogP contribution in [-0.4, -0.2) is 12.0 Å². The van der Waals surface area contributed by atoms with Gasteiger partial charge in [-0.15, -0.1) is 0 Å². The lowest BCUT2D eigenvalue weighted by molar-refractivity contribution is -0.137. The van der Waals surface area contributed by atoms with Crippen LogP contribution >= 0.6 is 0 Å². The summed E-state index contributed by atoms with van der Waals surface area (Å²) in [6.45, 7) is 1.62. The van der Waals surface area contributed by atoms with Crippen LogP contribution in [0.5, 0.6) is 0 Å². The second-order valence-corrected chi connectivity index (χ2v) is 4.85. The minimum absolute atomic E-state index is 0.0607. The van der Waals surface area contributed by atoms with Gasteiger partial charge < -0.3 is 4.84 Å².